The minimum absolute atomic E-state index is 0.0655. The molecule has 10 heteroatoms. The summed E-state index contributed by atoms with van der Waals surface area (Å²) in [5.74, 6) is -0.288. The fourth-order valence-electron chi connectivity index (χ4n) is 6.19. The largest absolute Gasteiger partial charge is 0.496 e. The van der Waals surface area contributed by atoms with E-state index in [0.717, 1.165) is 36.0 Å². The molecule has 43 heavy (non-hydrogen) atoms. The Balaban J connectivity index is 1.63. The van der Waals surface area contributed by atoms with E-state index in [4.69, 9.17) is 9.47 Å². The van der Waals surface area contributed by atoms with Crippen LogP contribution in [0.2, 0.25) is 0 Å². The lowest BCUT2D eigenvalue weighted by Gasteiger charge is -2.34. The monoisotopic (exact) mass is 609 g/mol. The summed E-state index contributed by atoms with van der Waals surface area (Å²) in [6, 6.07) is 15.6. The second-order valence-corrected chi connectivity index (χ2v) is 13.5. The highest BCUT2D eigenvalue weighted by molar-refractivity contribution is 7.93. The van der Waals surface area contributed by atoms with Gasteiger partial charge in [-0.05, 0) is 94.7 Å². The van der Waals surface area contributed by atoms with Gasteiger partial charge in [0.25, 0.3) is 15.9 Å². The van der Waals surface area contributed by atoms with Crippen molar-refractivity contribution in [2.75, 3.05) is 51.2 Å². The number of amides is 1. The van der Waals surface area contributed by atoms with Crippen molar-refractivity contribution < 1.29 is 27.1 Å². The fourth-order valence-corrected chi connectivity index (χ4v) is 7.67. The third-order valence-corrected chi connectivity index (χ3v) is 10.1. The molecule has 1 atom stereocenters. The highest BCUT2D eigenvalue weighted by atomic mass is 32.2. The third-order valence-electron chi connectivity index (χ3n) is 8.43. The number of ether oxygens (including phenoxy) is 2. The summed E-state index contributed by atoms with van der Waals surface area (Å²) in [6.07, 6.45) is 0.728. The summed E-state index contributed by atoms with van der Waals surface area (Å²) >= 11 is 0. The number of fused-ring (bicyclic) bond motifs is 1. The van der Waals surface area contributed by atoms with E-state index in [9.17, 15) is 13.2 Å². The first kappa shape index (κ1) is 31.0. The molecule has 0 spiro atoms. The molecule has 0 aliphatic carbocycles. The van der Waals surface area contributed by atoms with Gasteiger partial charge in [0, 0.05) is 37.8 Å². The number of likely N-dealkylation sites (N-methyl/N-ethyl adjacent to an activating group) is 1. The van der Waals surface area contributed by atoms with Crippen LogP contribution in [0.25, 0.3) is 0 Å². The van der Waals surface area contributed by atoms with Gasteiger partial charge in [0.1, 0.15) is 22.7 Å². The minimum Gasteiger partial charge on any atom is -0.496 e. The molecular weight excluding hydrogens is 569 g/mol. The summed E-state index contributed by atoms with van der Waals surface area (Å²) in [5.41, 5.74) is -0.0100. The van der Waals surface area contributed by atoms with Crippen molar-refractivity contribution in [3.8, 4) is 11.5 Å². The average molecular weight is 610 g/mol. The van der Waals surface area contributed by atoms with E-state index in [1.165, 1.54) is 25.3 Å². The van der Waals surface area contributed by atoms with E-state index in [-0.39, 0.29) is 28.7 Å². The Bertz CT molecular complexity index is 1590. The molecule has 5 rings (SSSR count). The van der Waals surface area contributed by atoms with Crippen molar-refractivity contribution in [1.82, 2.24) is 9.80 Å². The van der Waals surface area contributed by atoms with Gasteiger partial charge in [-0.2, -0.15) is 0 Å². The molecule has 0 N–H and O–H groups in total. The standard InChI is InChI=1S/C33H40FN3O5S/c1-23(2)42-25-11-13-26(14-12-25)43(39,40)37-30-22-31(41-5)24(3)21-28(30)33(32(37)38,27-9-6-7-10-29(27)34)15-8-16-36-19-17-35(4)18-20-36/h6-7,9-14,21-23H,8,15-20H2,1-5H3. The first-order valence-corrected chi connectivity index (χ1v) is 16.1. The smallest absolute Gasteiger partial charge is 0.270 e. The zero-order valence-corrected chi connectivity index (χ0v) is 26.3. The molecule has 3 aromatic rings. The molecule has 8 nitrogen and oxygen atoms in total. The van der Waals surface area contributed by atoms with Crippen LogP contribution in [0.3, 0.4) is 0 Å². The lowest BCUT2D eigenvalue weighted by atomic mass is 9.71. The zero-order chi connectivity index (χ0) is 30.9. The van der Waals surface area contributed by atoms with E-state index in [1.807, 2.05) is 20.8 Å². The van der Waals surface area contributed by atoms with Gasteiger partial charge in [0.05, 0.1) is 23.8 Å². The molecule has 0 aromatic heterocycles. The van der Waals surface area contributed by atoms with Gasteiger partial charge >= 0.3 is 0 Å². The van der Waals surface area contributed by atoms with E-state index in [1.54, 1.807) is 42.5 Å². The van der Waals surface area contributed by atoms with Crippen LogP contribution in [0.5, 0.6) is 11.5 Å². The highest BCUT2D eigenvalue weighted by Crippen LogP contribution is 2.53. The molecule has 1 unspecified atom stereocenters. The Kier molecular flexibility index (Phi) is 8.83. The van der Waals surface area contributed by atoms with Crippen LogP contribution < -0.4 is 13.8 Å². The van der Waals surface area contributed by atoms with Crippen molar-refractivity contribution in [2.45, 2.75) is 50.0 Å². The van der Waals surface area contributed by atoms with Crippen molar-refractivity contribution in [3.63, 3.8) is 0 Å². The number of carbonyl (C=O) groups excluding carboxylic acids is 1. The van der Waals surface area contributed by atoms with Crippen molar-refractivity contribution in [3.05, 3.63) is 83.2 Å². The van der Waals surface area contributed by atoms with E-state index in [2.05, 4.69) is 16.8 Å². The second kappa shape index (κ2) is 12.3. The van der Waals surface area contributed by atoms with Gasteiger partial charge in [0.15, 0.2) is 0 Å². The number of sulfonamides is 1. The first-order valence-electron chi connectivity index (χ1n) is 14.7. The maximum Gasteiger partial charge on any atom is 0.270 e. The number of aryl methyl sites for hydroxylation is 1. The van der Waals surface area contributed by atoms with Crippen LogP contribution in [0.15, 0.2) is 65.6 Å². The quantitative estimate of drug-likeness (QED) is 0.321. The van der Waals surface area contributed by atoms with E-state index >= 15 is 4.39 Å². The Morgan fingerprint density at radius 1 is 0.977 bits per heavy atom. The summed E-state index contributed by atoms with van der Waals surface area (Å²) < 4.78 is 56.4. The number of benzene rings is 3. The number of hydrogen-bond donors (Lipinski definition) is 0. The van der Waals surface area contributed by atoms with Crippen LogP contribution in [-0.4, -0.2) is 77.1 Å². The molecule has 1 fully saturated rings. The fraction of sp³-hybridized carbons (Fsp3) is 0.424. The van der Waals surface area contributed by atoms with Crippen LogP contribution in [0.4, 0.5) is 10.1 Å². The predicted molar refractivity (Wildman–Crippen MR) is 165 cm³/mol. The number of halogens is 1. The molecule has 1 saturated heterocycles. The van der Waals surface area contributed by atoms with Gasteiger partial charge < -0.3 is 19.3 Å². The van der Waals surface area contributed by atoms with E-state index < -0.39 is 27.2 Å². The van der Waals surface area contributed by atoms with Gasteiger partial charge in [-0.15, -0.1) is 0 Å². The Labute approximate surface area is 254 Å². The Hall–Kier alpha value is -3.47. The number of anilines is 1. The van der Waals surface area contributed by atoms with Gasteiger partial charge in [-0.1, -0.05) is 18.2 Å². The van der Waals surface area contributed by atoms with Crippen LogP contribution in [0.1, 0.15) is 43.4 Å². The Morgan fingerprint density at radius 2 is 1.65 bits per heavy atom. The normalized spacial score (nSPS) is 19.6. The van der Waals surface area contributed by atoms with Gasteiger partial charge in [0.2, 0.25) is 0 Å². The lowest BCUT2D eigenvalue weighted by Crippen LogP contribution is -2.46. The average Bonchev–Trinajstić information content (AvgIpc) is 3.21. The van der Waals surface area contributed by atoms with Crippen LogP contribution >= 0.6 is 0 Å². The topological polar surface area (TPSA) is 79.4 Å². The Morgan fingerprint density at radius 3 is 2.28 bits per heavy atom. The van der Waals surface area contributed by atoms with Gasteiger partial charge in [-0.25, -0.2) is 17.1 Å². The SMILES string of the molecule is COc1cc2c(cc1C)C(CCCN1CCN(C)CC1)(c1ccccc1F)C(=O)N2S(=O)(=O)c1ccc(OC(C)C)cc1. The lowest BCUT2D eigenvalue weighted by molar-refractivity contribution is -0.121. The maximum absolute atomic E-state index is 15.7. The van der Waals surface area contributed by atoms with Crippen LogP contribution in [-0.2, 0) is 20.2 Å². The number of hydrogen-bond acceptors (Lipinski definition) is 7. The molecule has 0 bridgehead atoms. The number of piperazine rings is 1. The second-order valence-electron chi connectivity index (χ2n) is 11.7. The first-order chi connectivity index (χ1) is 20.5. The number of nitrogens with zero attached hydrogens (tertiary/aromatic N) is 3. The molecule has 2 heterocycles. The number of carbonyl (C=O) groups is 1. The predicted octanol–water partition coefficient (Wildman–Crippen LogP) is 4.98. The maximum atomic E-state index is 15.7. The zero-order valence-electron chi connectivity index (χ0n) is 25.5. The van der Waals surface area contributed by atoms with Crippen molar-refractivity contribution >= 4 is 21.6 Å². The molecule has 0 saturated carbocycles. The molecule has 1 amide bonds. The van der Waals surface area contributed by atoms with Crippen molar-refractivity contribution in [2.24, 2.45) is 0 Å². The highest BCUT2D eigenvalue weighted by Gasteiger charge is 2.56. The molecule has 0 radical (unpaired) electrons. The third kappa shape index (κ3) is 5.75. The molecule has 2 aliphatic rings. The van der Waals surface area contributed by atoms with E-state index in [0.29, 0.717) is 30.0 Å². The molecular formula is C33H40FN3O5S. The minimum atomic E-state index is -4.39. The number of rotatable bonds is 10. The molecule has 2 aliphatic heterocycles. The summed E-state index contributed by atoms with van der Waals surface area (Å²) in [6.45, 7) is 10.0. The molecule has 230 valence electrons. The summed E-state index contributed by atoms with van der Waals surface area (Å²) in [5, 5.41) is 0. The van der Waals surface area contributed by atoms with Gasteiger partial charge in [-0.3, -0.25) is 4.79 Å². The number of methoxy groups -OCH3 is 1. The van der Waals surface area contributed by atoms with Crippen molar-refractivity contribution in [1.29, 1.82) is 0 Å². The summed E-state index contributed by atoms with van der Waals surface area (Å²) in [7, 11) is -0.803. The summed E-state index contributed by atoms with van der Waals surface area (Å²) in [4.78, 5) is 19.3. The molecule has 3 aromatic carbocycles. The van der Waals surface area contributed by atoms with Crippen LogP contribution in [0, 0.1) is 12.7 Å².